The molecule has 3 heterocycles. The Morgan fingerprint density at radius 1 is 1.07 bits per heavy atom. The van der Waals surface area contributed by atoms with Crippen LogP contribution in [0.4, 0.5) is 0 Å². The fourth-order valence-electron chi connectivity index (χ4n) is 3.92. The van der Waals surface area contributed by atoms with E-state index in [1.807, 2.05) is 12.1 Å². The van der Waals surface area contributed by atoms with Gasteiger partial charge in [-0.05, 0) is 46.5 Å². The van der Waals surface area contributed by atoms with E-state index in [1.54, 1.807) is 17.6 Å². The Kier molecular flexibility index (Phi) is 6.04. The molecule has 0 radical (unpaired) electrons. The zero-order valence-electron chi connectivity index (χ0n) is 15.5. The van der Waals surface area contributed by atoms with Gasteiger partial charge in [0.05, 0.1) is 6.26 Å². The molecule has 1 atom stereocenters. The van der Waals surface area contributed by atoms with Gasteiger partial charge in [-0.2, -0.15) is 11.3 Å². The number of thiophene rings is 1. The van der Waals surface area contributed by atoms with Crippen molar-refractivity contribution in [1.29, 1.82) is 0 Å². The van der Waals surface area contributed by atoms with E-state index in [0.717, 1.165) is 44.9 Å². The maximum Gasteiger partial charge on any atom is 0.134 e. The highest BCUT2D eigenvalue weighted by Gasteiger charge is 2.27. The number of furan rings is 1. The maximum atomic E-state index is 9.55. The zero-order chi connectivity index (χ0) is 18.5. The van der Waals surface area contributed by atoms with Gasteiger partial charge in [0.2, 0.25) is 0 Å². The quantitative estimate of drug-likeness (QED) is 0.668. The molecule has 1 aliphatic rings. The topological polar surface area (TPSA) is 39.9 Å². The summed E-state index contributed by atoms with van der Waals surface area (Å²) in [5.74, 6) is 0.925. The van der Waals surface area contributed by atoms with Crippen molar-refractivity contribution in [1.82, 2.24) is 9.80 Å². The Labute approximate surface area is 164 Å². The number of hydrogen-bond donors (Lipinski definition) is 1. The monoisotopic (exact) mass is 382 g/mol. The van der Waals surface area contributed by atoms with Gasteiger partial charge in [-0.1, -0.05) is 24.3 Å². The van der Waals surface area contributed by atoms with Crippen molar-refractivity contribution in [2.75, 3.05) is 26.2 Å². The lowest BCUT2D eigenvalue weighted by Crippen LogP contribution is -2.52. The van der Waals surface area contributed by atoms with Crippen molar-refractivity contribution < 1.29 is 9.52 Å². The van der Waals surface area contributed by atoms with Gasteiger partial charge in [-0.25, -0.2) is 0 Å². The predicted molar refractivity (Wildman–Crippen MR) is 110 cm³/mol. The molecule has 0 spiro atoms. The SMILES string of the molecule is OCC[C@@H]1CN(Cc2ccccc2-c2ccco2)CCN1Cc1ccsc1. The molecule has 0 aliphatic carbocycles. The molecule has 1 aromatic carbocycles. The second kappa shape index (κ2) is 8.85. The highest BCUT2D eigenvalue weighted by Crippen LogP contribution is 2.26. The molecular formula is C22H26N2O2S. The van der Waals surface area contributed by atoms with Gasteiger partial charge in [0, 0.05) is 50.9 Å². The van der Waals surface area contributed by atoms with E-state index in [2.05, 4.69) is 50.9 Å². The minimum absolute atomic E-state index is 0.238. The largest absolute Gasteiger partial charge is 0.464 e. The summed E-state index contributed by atoms with van der Waals surface area (Å²) in [6.07, 6.45) is 2.55. The molecule has 1 saturated heterocycles. The molecule has 5 heteroatoms. The van der Waals surface area contributed by atoms with E-state index in [-0.39, 0.29) is 6.61 Å². The third kappa shape index (κ3) is 4.50. The van der Waals surface area contributed by atoms with E-state index in [4.69, 9.17) is 4.42 Å². The molecule has 27 heavy (non-hydrogen) atoms. The third-order valence-electron chi connectivity index (χ3n) is 5.31. The molecular weight excluding hydrogens is 356 g/mol. The van der Waals surface area contributed by atoms with Crippen molar-refractivity contribution in [3.05, 3.63) is 70.6 Å². The predicted octanol–water partition coefficient (Wildman–Crippen LogP) is 4.08. The van der Waals surface area contributed by atoms with Crippen LogP contribution in [0.2, 0.25) is 0 Å². The molecule has 4 nitrogen and oxygen atoms in total. The first-order chi connectivity index (χ1) is 13.3. The van der Waals surface area contributed by atoms with Crippen LogP contribution in [0.5, 0.6) is 0 Å². The molecule has 2 aromatic heterocycles. The lowest BCUT2D eigenvalue weighted by atomic mass is 10.0. The molecule has 1 N–H and O–H groups in total. The van der Waals surface area contributed by atoms with Crippen molar-refractivity contribution >= 4 is 11.3 Å². The molecule has 1 aliphatic heterocycles. The van der Waals surface area contributed by atoms with Gasteiger partial charge < -0.3 is 9.52 Å². The summed E-state index contributed by atoms with van der Waals surface area (Å²) >= 11 is 1.75. The average Bonchev–Trinajstić information content (AvgIpc) is 3.39. The summed E-state index contributed by atoms with van der Waals surface area (Å²) in [7, 11) is 0. The van der Waals surface area contributed by atoms with Crippen LogP contribution in [0, 0.1) is 0 Å². The molecule has 4 rings (SSSR count). The highest BCUT2D eigenvalue weighted by atomic mass is 32.1. The van der Waals surface area contributed by atoms with Gasteiger partial charge >= 0.3 is 0 Å². The molecule has 142 valence electrons. The first kappa shape index (κ1) is 18.4. The fraction of sp³-hybridized carbons (Fsp3) is 0.364. The van der Waals surface area contributed by atoms with Crippen LogP contribution in [-0.4, -0.2) is 47.2 Å². The summed E-state index contributed by atoms with van der Waals surface area (Å²) in [6.45, 7) is 5.18. The molecule has 0 unspecified atom stereocenters. The van der Waals surface area contributed by atoms with Gasteiger partial charge in [0.25, 0.3) is 0 Å². The lowest BCUT2D eigenvalue weighted by Gasteiger charge is -2.41. The summed E-state index contributed by atoms with van der Waals surface area (Å²) in [5, 5.41) is 13.9. The van der Waals surface area contributed by atoms with E-state index >= 15 is 0 Å². The maximum absolute atomic E-state index is 9.55. The Balaban J connectivity index is 1.45. The van der Waals surface area contributed by atoms with Gasteiger partial charge in [-0.3, -0.25) is 9.80 Å². The first-order valence-corrected chi connectivity index (χ1v) is 10.5. The van der Waals surface area contributed by atoms with E-state index in [1.165, 1.54) is 16.7 Å². The fourth-order valence-corrected chi connectivity index (χ4v) is 4.58. The number of nitrogens with zero attached hydrogens (tertiary/aromatic N) is 2. The van der Waals surface area contributed by atoms with E-state index in [9.17, 15) is 5.11 Å². The summed E-state index contributed by atoms with van der Waals surface area (Å²) in [5.41, 5.74) is 3.84. The first-order valence-electron chi connectivity index (χ1n) is 9.53. The lowest BCUT2D eigenvalue weighted by molar-refractivity contribution is 0.0501. The summed E-state index contributed by atoms with van der Waals surface area (Å²) in [4.78, 5) is 5.03. The number of rotatable bonds is 7. The summed E-state index contributed by atoms with van der Waals surface area (Å²) in [6, 6.07) is 15.0. The van der Waals surface area contributed by atoms with Crippen LogP contribution in [-0.2, 0) is 13.1 Å². The molecule has 1 fully saturated rings. The van der Waals surface area contributed by atoms with Crippen molar-refractivity contribution in [2.24, 2.45) is 0 Å². The Morgan fingerprint density at radius 3 is 2.78 bits per heavy atom. The number of aliphatic hydroxyl groups is 1. The normalized spacial score (nSPS) is 18.8. The van der Waals surface area contributed by atoms with Crippen LogP contribution in [0.1, 0.15) is 17.5 Å². The Bertz CT molecular complexity index is 817. The van der Waals surface area contributed by atoms with Crippen molar-refractivity contribution in [3.8, 4) is 11.3 Å². The van der Waals surface area contributed by atoms with Gasteiger partial charge in [-0.15, -0.1) is 0 Å². The molecule has 0 amide bonds. The van der Waals surface area contributed by atoms with Crippen LogP contribution in [0.15, 0.2) is 63.9 Å². The number of aliphatic hydroxyl groups excluding tert-OH is 1. The zero-order valence-corrected chi connectivity index (χ0v) is 16.3. The smallest absolute Gasteiger partial charge is 0.134 e. The second-order valence-electron chi connectivity index (χ2n) is 7.14. The van der Waals surface area contributed by atoms with Crippen molar-refractivity contribution in [2.45, 2.75) is 25.6 Å². The number of hydrogen-bond acceptors (Lipinski definition) is 5. The minimum atomic E-state index is 0.238. The van der Waals surface area contributed by atoms with E-state index in [0.29, 0.717) is 6.04 Å². The Hall–Kier alpha value is -1.92. The van der Waals surface area contributed by atoms with Crippen LogP contribution < -0.4 is 0 Å². The molecule has 3 aromatic rings. The standard InChI is InChI=1S/C22H26N2O2S/c25-11-7-20-16-23(9-10-24(20)14-18-8-13-27-17-18)15-19-4-1-2-5-21(19)22-6-3-12-26-22/h1-6,8,12-13,17,20,25H,7,9-11,14-16H2/t20-/m1/s1. The Morgan fingerprint density at radius 2 is 2.00 bits per heavy atom. The second-order valence-corrected chi connectivity index (χ2v) is 7.92. The number of piperazine rings is 1. The molecule has 0 bridgehead atoms. The van der Waals surface area contributed by atoms with Crippen LogP contribution >= 0.6 is 11.3 Å². The average molecular weight is 383 g/mol. The van der Waals surface area contributed by atoms with E-state index < -0.39 is 0 Å². The van der Waals surface area contributed by atoms with Crippen LogP contribution in [0.25, 0.3) is 11.3 Å². The van der Waals surface area contributed by atoms with Gasteiger partial charge in [0.1, 0.15) is 5.76 Å². The highest BCUT2D eigenvalue weighted by molar-refractivity contribution is 7.07. The van der Waals surface area contributed by atoms with Gasteiger partial charge in [0.15, 0.2) is 0 Å². The van der Waals surface area contributed by atoms with Crippen molar-refractivity contribution in [3.63, 3.8) is 0 Å². The number of benzene rings is 1. The third-order valence-corrected chi connectivity index (χ3v) is 6.05. The summed E-state index contributed by atoms with van der Waals surface area (Å²) < 4.78 is 5.63. The van der Waals surface area contributed by atoms with Crippen LogP contribution in [0.3, 0.4) is 0 Å². The molecule has 0 saturated carbocycles. The minimum Gasteiger partial charge on any atom is -0.464 e.